The number of rotatable bonds is 6. The van der Waals surface area contributed by atoms with E-state index in [2.05, 4.69) is 76.8 Å². The zero-order chi connectivity index (χ0) is 21.7. The van der Waals surface area contributed by atoms with E-state index in [1.807, 2.05) is 13.1 Å². The van der Waals surface area contributed by atoms with Crippen molar-refractivity contribution in [2.75, 3.05) is 33.5 Å². The molecule has 2 aliphatic heterocycles. The monoisotopic (exact) mass is 422 g/mol. The second-order valence-corrected chi connectivity index (χ2v) is 9.06. The van der Waals surface area contributed by atoms with Crippen LogP contribution in [0, 0.1) is 0 Å². The van der Waals surface area contributed by atoms with Crippen molar-refractivity contribution in [2.24, 2.45) is 4.99 Å². The molecule has 2 aliphatic rings. The Morgan fingerprint density at radius 3 is 2.55 bits per heavy atom. The molecule has 4 rings (SSSR count). The first-order chi connectivity index (χ1) is 15.0. The highest BCUT2D eigenvalue weighted by atomic mass is 16.7. The molecular weight excluding hydrogens is 388 g/mol. The molecule has 0 aromatic heterocycles. The second kappa shape index (κ2) is 9.60. The maximum atomic E-state index is 5.54. The van der Waals surface area contributed by atoms with Crippen LogP contribution in [-0.2, 0) is 12.0 Å². The topological polar surface area (TPSA) is 58.1 Å². The fraction of sp³-hybridized carbons (Fsp3) is 0.480. The predicted molar refractivity (Wildman–Crippen MR) is 125 cm³/mol. The number of aliphatic imine (C=N–C) groups is 1. The molecule has 0 saturated carbocycles. The van der Waals surface area contributed by atoms with Gasteiger partial charge in [-0.05, 0) is 36.1 Å². The van der Waals surface area contributed by atoms with Crippen LogP contribution in [-0.4, -0.2) is 50.4 Å². The number of nitrogens with zero attached hydrogens (tertiary/aromatic N) is 2. The first-order valence-corrected chi connectivity index (χ1v) is 11.2. The van der Waals surface area contributed by atoms with Crippen LogP contribution in [0.5, 0.6) is 11.5 Å². The lowest BCUT2D eigenvalue weighted by Gasteiger charge is -2.34. The van der Waals surface area contributed by atoms with Gasteiger partial charge in [-0.25, -0.2) is 0 Å². The van der Waals surface area contributed by atoms with Gasteiger partial charge in [0.2, 0.25) is 6.79 Å². The number of piperidine rings is 1. The molecule has 0 unspecified atom stereocenters. The molecule has 2 N–H and O–H groups in total. The number of benzene rings is 2. The highest BCUT2D eigenvalue weighted by Crippen LogP contribution is 2.36. The van der Waals surface area contributed by atoms with Crippen molar-refractivity contribution in [3.63, 3.8) is 0 Å². The van der Waals surface area contributed by atoms with Crippen LogP contribution in [0.4, 0.5) is 0 Å². The van der Waals surface area contributed by atoms with Crippen molar-refractivity contribution >= 4 is 5.96 Å². The second-order valence-electron chi connectivity index (χ2n) is 9.06. The summed E-state index contributed by atoms with van der Waals surface area (Å²) in [6, 6.07) is 17.4. The van der Waals surface area contributed by atoms with E-state index in [1.165, 1.54) is 11.1 Å². The first-order valence-electron chi connectivity index (χ1n) is 11.2. The Hall–Kier alpha value is -2.73. The summed E-state index contributed by atoms with van der Waals surface area (Å²) in [4.78, 5) is 6.99. The molecule has 2 aromatic rings. The van der Waals surface area contributed by atoms with Crippen LogP contribution < -0.4 is 20.1 Å². The Labute approximate surface area is 185 Å². The number of hydrogen-bond acceptors (Lipinski definition) is 4. The molecular formula is C25H34N4O2. The van der Waals surface area contributed by atoms with E-state index in [-0.39, 0.29) is 5.41 Å². The van der Waals surface area contributed by atoms with Crippen molar-refractivity contribution in [3.05, 3.63) is 59.7 Å². The molecule has 0 spiro atoms. The molecule has 0 aliphatic carbocycles. The predicted octanol–water partition coefficient (Wildman–Crippen LogP) is 3.52. The molecule has 166 valence electrons. The van der Waals surface area contributed by atoms with E-state index < -0.39 is 0 Å². The summed E-state index contributed by atoms with van der Waals surface area (Å²) in [5.41, 5.74) is 2.53. The van der Waals surface area contributed by atoms with E-state index in [9.17, 15) is 0 Å². The van der Waals surface area contributed by atoms with E-state index in [1.54, 1.807) is 0 Å². The van der Waals surface area contributed by atoms with Gasteiger partial charge in [-0.1, -0.05) is 50.2 Å². The van der Waals surface area contributed by atoms with Crippen molar-refractivity contribution in [1.82, 2.24) is 15.5 Å². The third-order valence-corrected chi connectivity index (χ3v) is 6.25. The van der Waals surface area contributed by atoms with Crippen LogP contribution in [0.1, 0.15) is 37.8 Å². The van der Waals surface area contributed by atoms with Gasteiger partial charge in [0.25, 0.3) is 0 Å². The Kier molecular flexibility index (Phi) is 6.66. The molecule has 0 atom stereocenters. The molecule has 0 bridgehead atoms. The van der Waals surface area contributed by atoms with E-state index in [4.69, 9.17) is 9.47 Å². The number of ether oxygens (including phenoxy) is 2. The van der Waals surface area contributed by atoms with E-state index in [0.717, 1.165) is 56.5 Å². The van der Waals surface area contributed by atoms with Crippen LogP contribution in [0.15, 0.2) is 53.5 Å². The molecule has 2 heterocycles. The van der Waals surface area contributed by atoms with E-state index in [0.29, 0.717) is 12.8 Å². The number of likely N-dealkylation sites (tertiary alicyclic amines) is 1. The molecule has 2 aromatic carbocycles. The van der Waals surface area contributed by atoms with Gasteiger partial charge in [0.15, 0.2) is 17.5 Å². The van der Waals surface area contributed by atoms with Gasteiger partial charge in [-0.3, -0.25) is 9.89 Å². The van der Waals surface area contributed by atoms with Crippen molar-refractivity contribution in [2.45, 2.75) is 44.7 Å². The van der Waals surface area contributed by atoms with Crippen molar-refractivity contribution in [1.29, 1.82) is 0 Å². The quantitative estimate of drug-likeness (QED) is 0.551. The van der Waals surface area contributed by atoms with Gasteiger partial charge in [-0.2, -0.15) is 0 Å². The largest absolute Gasteiger partial charge is 0.454 e. The fourth-order valence-electron chi connectivity index (χ4n) is 4.19. The lowest BCUT2D eigenvalue weighted by molar-refractivity contribution is 0.174. The van der Waals surface area contributed by atoms with E-state index >= 15 is 0 Å². The molecule has 0 amide bonds. The Bertz CT molecular complexity index is 890. The zero-order valence-electron chi connectivity index (χ0n) is 18.9. The minimum absolute atomic E-state index is 0.0718. The average molecular weight is 423 g/mol. The Morgan fingerprint density at radius 1 is 1.06 bits per heavy atom. The van der Waals surface area contributed by atoms with Crippen LogP contribution in [0.3, 0.4) is 0 Å². The summed E-state index contributed by atoms with van der Waals surface area (Å²) >= 11 is 0. The molecule has 31 heavy (non-hydrogen) atoms. The normalized spacial score (nSPS) is 17.6. The van der Waals surface area contributed by atoms with Crippen LogP contribution in [0.25, 0.3) is 0 Å². The van der Waals surface area contributed by atoms with Gasteiger partial charge in [-0.15, -0.1) is 0 Å². The number of guanidine groups is 1. The average Bonchev–Trinajstić information content (AvgIpc) is 3.26. The minimum atomic E-state index is -0.0718. The molecule has 1 saturated heterocycles. The van der Waals surface area contributed by atoms with Crippen LogP contribution >= 0.6 is 0 Å². The number of hydrogen-bond donors (Lipinski definition) is 2. The summed E-state index contributed by atoms with van der Waals surface area (Å²) in [5, 5.41) is 7.15. The maximum absolute atomic E-state index is 5.54. The summed E-state index contributed by atoms with van der Waals surface area (Å²) < 4.78 is 11.0. The molecule has 6 heteroatoms. The summed E-state index contributed by atoms with van der Waals surface area (Å²) in [5.74, 6) is 2.52. The standard InChI is InChI=1S/C25H34N4O2/c1-25(2,20-9-10-22-23(15-20)31-18-30-22)17-27-24(26-3)28-21-11-13-29(14-12-21)16-19-7-5-4-6-8-19/h4-10,15,21H,11-14,16-18H2,1-3H3,(H2,26,27,28). The van der Waals surface area contributed by atoms with Gasteiger partial charge in [0.05, 0.1) is 0 Å². The lowest BCUT2D eigenvalue weighted by atomic mass is 9.84. The molecule has 1 fully saturated rings. The molecule has 0 radical (unpaired) electrons. The Morgan fingerprint density at radius 2 is 1.81 bits per heavy atom. The first kappa shape index (κ1) is 21.5. The van der Waals surface area contributed by atoms with Gasteiger partial charge < -0.3 is 20.1 Å². The van der Waals surface area contributed by atoms with Gasteiger partial charge in [0.1, 0.15) is 0 Å². The highest BCUT2D eigenvalue weighted by Gasteiger charge is 2.25. The number of nitrogens with one attached hydrogen (secondary N) is 2. The van der Waals surface area contributed by atoms with Crippen molar-refractivity contribution < 1.29 is 9.47 Å². The number of fused-ring (bicyclic) bond motifs is 1. The highest BCUT2D eigenvalue weighted by molar-refractivity contribution is 5.80. The summed E-state index contributed by atoms with van der Waals surface area (Å²) in [7, 11) is 1.84. The maximum Gasteiger partial charge on any atom is 0.231 e. The van der Waals surface area contributed by atoms with Crippen molar-refractivity contribution in [3.8, 4) is 11.5 Å². The van der Waals surface area contributed by atoms with Gasteiger partial charge in [0, 0.05) is 44.7 Å². The summed E-state index contributed by atoms with van der Waals surface area (Å²) in [6.45, 7) is 8.78. The molecule has 6 nitrogen and oxygen atoms in total. The third-order valence-electron chi connectivity index (χ3n) is 6.25. The van der Waals surface area contributed by atoms with Gasteiger partial charge >= 0.3 is 0 Å². The third kappa shape index (κ3) is 5.50. The SMILES string of the molecule is CN=C(NCC(C)(C)c1ccc2c(c1)OCO2)NC1CCN(Cc2ccccc2)CC1. The van der Waals surface area contributed by atoms with Crippen LogP contribution in [0.2, 0.25) is 0 Å². The lowest BCUT2D eigenvalue weighted by Crippen LogP contribution is -2.50. The zero-order valence-corrected chi connectivity index (χ0v) is 18.9. The fourth-order valence-corrected chi connectivity index (χ4v) is 4.19. The Balaban J connectivity index is 1.25. The smallest absolute Gasteiger partial charge is 0.231 e. The summed E-state index contributed by atoms with van der Waals surface area (Å²) in [6.07, 6.45) is 2.25. The minimum Gasteiger partial charge on any atom is -0.454 e.